The van der Waals surface area contributed by atoms with Crippen molar-refractivity contribution < 1.29 is 10.2 Å². The number of fused-ring (bicyclic) bond motifs is 1. The lowest BCUT2D eigenvalue weighted by atomic mass is 9.76. The van der Waals surface area contributed by atoms with E-state index in [1.807, 2.05) is 38.1 Å². The van der Waals surface area contributed by atoms with Crippen LogP contribution in [-0.2, 0) is 6.42 Å². The molecule has 0 spiro atoms. The molecule has 18 heavy (non-hydrogen) atoms. The fourth-order valence-electron chi connectivity index (χ4n) is 2.03. The van der Waals surface area contributed by atoms with E-state index >= 15 is 0 Å². The van der Waals surface area contributed by atoms with Gasteiger partial charge in [0.2, 0.25) is 0 Å². The van der Waals surface area contributed by atoms with Crippen LogP contribution >= 0.6 is 11.3 Å². The summed E-state index contributed by atoms with van der Waals surface area (Å²) in [4.78, 5) is 4.57. The van der Waals surface area contributed by atoms with Gasteiger partial charge in [-0.05, 0) is 18.1 Å². The predicted octanol–water partition coefficient (Wildman–Crippen LogP) is 2.47. The van der Waals surface area contributed by atoms with Crippen molar-refractivity contribution in [1.29, 1.82) is 0 Å². The Morgan fingerprint density at radius 1 is 1.22 bits per heavy atom. The van der Waals surface area contributed by atoms with Crippen molar-refractivity contribution in [2.45, 2.75) is 20.3 Å². The second-order valence-corrected chi connectivity index (χ2v) is 6.20. The Morgan fingerprint density at radius 2 is 1.89 bits per heavy atom. The number of aromatic nitrogens is 1. The van der Waals surface area contributed by atoms with E-state index in [4.69, 9.17) is 0 Å². The number of para-hydroxylation sites is 1. The van der Waals surface area contributed by atoms with Crippen molar-refractivity contribution in [1.82, 2.24) is 4.98 Å². The minimum absolute atomic E-state index is 0.0168. The maximum Gasteiger partial charge on any atom is 0.0946 e. The molecule has 2 aromatic rings. The number of aliphatic hydroxyl groups is 2. The fourth-order valence-corrected chi connectivity index (χ4v) is 3.15. The molecule has 1 aromatic carbocycles. The van der Waals surface area contributed by atoms with Gasteiger partial charge in [-0.1, -0.05) is 26.0 Å². The maximum absolute atomic E-state index is 9.60. The van der Waals surface area contributed by atoms with Gasteiger partial charge in [-0.15, -0.1) is 11.3 Å². The molecule has 3 nitrogen and oxygen atoms in total. The molecule has 0 aliphatic carbocycles. The van der Waals surface area contributed by atoms with Gasteiger partial charge < -0.3 is 10.2 Å². The lowest BCUT2D eigenvalue weighted by Crippen LogP contribution is -2.37. The van der Waals surface area contributed by atoms with E-state index in [-0.39, 0.29) is 19.1 Å². The third-order valence-electron chi connectivity index (χ3n) is 3.70. The largest absolute Gasteiger partial charge is 0.396 e. The van der Waals surface area contributed by atoms with Gasteiger partial charge in [0.15, 0.2) is 0 Å². The molecule has 98 valence electrons. The zero-order valence-electron chi connectivity index (χ0n) is 10.8. The van der Waals surface area contributed by atoms with Crippen LogP contribution in [0.15, 0.2) is 24.3 Å². The Balaban J connectivity index is 2.31. The molecule has 0 atom stereocenters. The summed E-state index contributed by atoms with van der Waals surface area (Å²) in [5.41, 5.74) is 0.513. The highest BCUT2D eigenvalue weighted by Crippen LogP contribution is 2.33. The minimum atomic E-state index is -0.478. The zero-order valence-corrected chi connectivity index (χ0v) is 11.6. The first kappa shape index (κ1) is 13.5. The maximum atomic E-state index is 9.60. The van der Waals surface area contributed by atoms with Crippen molar-refractivity contribution in [2.24, 2.45) is 11.3 Å². The minimum Gasteiger partial charge on any atom is -0.396 e. The summed E-state index contributed by atoms with van der Waals surface area (Å²) in [6.07, 6.45) is 0.622. The summed E-state index contributed by atoms with van der Waals surface area (Å²) < 4.78 is 1.15. The second-order valence-electron chi connectivity index (χ2n) is 5.09. The quantitative estimate of drug-likeness (QED) is 0.873. The molecule has 0 aliphatic rings. The number of hydrogen-bond acceptors (Lipinski definition) is 4. The van der Waals surface area contributed by atoms with Crippen molar-refractivity contribution in [3.8, 4) is 0 Å². The van der Waals surface area contributed by atoms with Gasteiger partial charge in [-0.2, -0.15) is 0 Å². The molecule has 1 aromatic heterocycles. The normalized spacial score (nSPS) is 12.5. The summed E-state index contributed by atoms with van der Waals surface area (Å²) in [6, 6.07) is 8.01. The Morgan fingerprint density at radius 3 is 2.44 bits per heavy atom. The van der Waals surface area contributed by atoms with E-state index in [1.165, 1.54) is 0 Å². The number of thiazole rings is 1. The molecule has 1 heterocycles. The predicted molar refractivity (Wildman–Crippen MR) is 74.8 cm³/mol. The molecular formula is C14H19NO2S. The van der Waals surface area contributed by atoms with Crippen LogP contribution in [0.3, 0.4) is 0 Å². The van der Waals surface area contributed by atoms with Crippen LogP contribution in [0.2, 0.25) is 0 Å². The standard InChI is InChI=1S/C14H19NO2S/c1-10(2)14(8-16,9-17)7-13-15-11-5-3-4-6-12(11)18-13/h3-6,10,16-17H,7-9H2,1-2H3. The first-order valence-corrected chi connectivity index (χ1v) is 6.99. The molecule has 0 saturated heterocycles. The Bertz CT molecular complexity index is 484. The monoisotopic (exact) mass is 265 g/mol. The molecule has 2 rings (SSSR count). The molecule has 0 aliphatic heterocycles. The summed E-state index contributed by atoms with van der Waals surface area (Å²) >= 11 is 1.64. The Hall–Kier alpha value is -0.970. The molecule has 0 fully saturated rings. The van der Waals surface area contributed by atoms with Crippen LogP contribution in [0, 0.1) is 11.3 Å². The summed E-state index contributed by atoms with van der Waals surface area (Å²) in [5.74, 6) is 0.208. The van der Waals surface area contributed by atoms with Gasteiger partial charge in [-0.3, -0.25) is 0 Å². The molecule has 0 unspecified atom stereocenters. The van der Waals surface area contributed by atoms with Gasteiger partial charge in [0, 0.05) is 11.8 Å². The van der Waals surface area contributed by atoms with Crippen molar-refractivity contribution in [3.05, 3.63) is 29.3 Å². The average Bonchev–Trinajstić information content (AvgIpc) is 2.77. The highest BCUT2D eigenvalue weighted by Gasteiger charge is 2.33. The third-order valence-corrected chi connectivity index (χ3v) is 4.73. The van der Waals surface area contributed by atoms with Crippen LogP contribution in [0.5, 0.6) is 0 Å². The zero-order chi connectivity index (χ0) is 13.2. The van der Waals surface area contributed by atoms with E-state index in [9.17, 15) is 10.2 Å². The highest BCUT2D eigenvalue weighted by molar-refractivity contribution is 7.18. The highest BCUT2D eigenvalue weighted by atomic mass is 32.1. The smallest absolute Gasteiger partial charge is 0.0946 e. The van der Waals surface area contributed by atoms with E-state index in [1.54, 1.807) is 11.3 Å². The first-order valence-electron chi connectivity index (χ1n) is 6.17. The van der Waals surface area contributed by atoms with Crippen LogP contribution in [0.25, 0.3) is 10.2 Å². The van der Waals surface area contributed by atoms with Crippen LogP contribution in [0.1, 0.15) is 18.9 Å². The molecule has 2 N–H and O–H groups in total. The lowest BCUT2D eigenvalue weighted by Gasteiger charge is -2.33. The van der Waals surface area contributed by atoms with E-state index in [2.05, 4.69) is 4.98 Å². The summed E-state index contributed by atoms with van der Waals surface area (Å²) in [6.45, 7) is 4.02. The van der Waals surface area contributed by atoms with Crippen LogP contribution < -0.4 is 0 Å². The van der Waals surface area contributed by atoms with Gasteiger partial charge in [0.1, 0.15) is 0 Å². The van der Waals surface area contributed by atoms with E-state index in [0.29, 0.717) is 6.42 Å². The van der Waals surface area contributed by atoms with Gasteiger partial charge in [0.05, 0.1) is 28.4 Å². The number of benzene rings is 1. The summed E-state index contributed by atoms with van der Waals surface area (Å²) in [7, 11) is 0. The molecule has 0 saturated carbocycles. The second kappa shape index (κ2) is 5.34. The van der Waals surface area contributed by atoms with Crippen molar-refractivity contribution in [3.63, 3.8) is 0 Å². The number of aliphatic hydroxyl groups excluding tert-OH is 2. The third kappa shape index (κ3) is 2.41. The fraction of sp³-hybridized carbons (Fsp3) is 0.500. The Labute approximate surface area is 111 Å². The number of rotatable bonds is 5. The van der Waals surface area contributed by atoms with Gasteiger partial charge in [-0.25, -0.2) is 4.98 Å². The van der Waals surface area contributed by atoms with Crippen molar-refractivity contribution >= 4 is 21.6 Å². The van der Waals surface area contributed by atoms with Gasteiger partial charge in [0.25, 0.3) is 0 Å². The topological polar surface area (TPSA) is 53.4 Å². The summed E-state index contributed by atoms with van der Waals surface area (Å²) in [5, 5.41) is 20.2. The average molecular weight is 265 g/mol. The van der Waals surface area contributed by atoms with Gasteiger partial charge >= 0.3 is 0 Å². The van der Waals surface area contributed by atoms with Crippen LogP contribution in [0.4, 0.5) is 0 Å². The molecule has 0 bridgehead atoms. The molecule has 0 amide bonds. The van der Waals surface area contributed by atoms with Crippen molar-refractivity contribution in [2.75, 3.05) is 13.2 Å². The molecule has 4 heteroatoms. The molecular weight excluding hydrogens is 246 g/mol. The lowest BCUT2D eigenvalue weighted by molar-refractivity contribution is 0.0163. The Kier molecular flexibility index (Phi) is 4.00. The number of hydrogen-bond donors (Lipinski definition) is 2. The van der Waals surface area contributed by atoms with Crippen LogP contribution in [-0.4, -0.2) is 28.4 Å². The number of nitrogens with zero attached hydrogens (tertiary/aromatic N) is 1. The van der Waals surface area contributed by atoms with E-state index < -0.39 is 5.41 Å². The molecule has 0 radical (unpaired) electrons. The SMILES string of the molecule is CC(C)C(CO)(CO)Cc1nc2ccccc2s1. The van der Waals surface area contributed by atoms with E-state index in [0.717, 1.165) is 15.2 Å². The first-order chi connectivity index (χ1) is 8.61.